The zero-order valence-electron chi connectivity index (χ0n) is 13.5. The van der Waals surface area contributed by atoms with E-state index in [1.807, 2.05) is 45.2 Å². The zero-order chi connectivity index (χ0) is 17.2. The van der Waals surface area contributed by atoms with E-state index < -0.39 is 18.8 Å². The fourth-order valence-electron chi connectivity index (χ4n) is 2.54. The molecule has 2 unspecified atom stereocenters. The average molecular weight is 538 g/mol. The van der Waals surface area contributed by atoms with E-state index in [1.165, 1.54) is 0 Å². The van der Waals surface area contributed by atoms with Gasteiger partial charge in [0, 0.05) is 0 Å². The van der Waals surface area contributed by atoms with Gasteiger partial charge in [-0.15, -0.1) is 0 Å². The highest BCUT2D eigenvalue weighted by molar-refractivity contribution is 14.1. The summed E-state index contributed by atoms with van der Waals surface area (Å²) in [6.07, 6.45) is 8.52. The summed E-state index contributed by atoms with van der Waals surface area (Å²) in [7, 11) is 0. The molecule has 0 rings (SSSR count). The summed E-state index contributed by atoms with van der Waals surface area (Å²) >= 11 is 3.77. The van der Waals surface area contributed by atoms with Crippen LogP contribution in [0.1, 0.15) is 78.1 Å². The van der Waals surface area contributed by atoms with Gasteiger partial charge in [-0.05, 0) is 12.8 Å². The van der Waals surface area contributed by atoms with Crippen LogP contribution in [0.3, 0.4) is 0 Å². The van der Waals surface area contributed by atoms with Crippen LogP contribution in [-0.2, 0) is 9.59 Å². The zero-order valence-corrected chi connectivity index (χ0v) is 17.9. The molecule has 0 heterocycles. The average Bonchev–Trinajstić information content (AvgIpc) is 2.47. The molecule has 0 bridgehead atoms. The fourth-order valence-corrected chi connectivity index (χ4v) is 4.30. The Morgan fingerprint density at radius 1 is 0.727 bits per heavy atom. The third kappa shape index (κ3) is 6.13. The van der Waals surface area contributed by atoms with Crippen molar-refractivity contribution < 1.29 is 19.8 Å². The van der Waals surface area contributed by atoms with Crippen LogP contribution in [0.15, 0.2) is 0 Å². The van der Waals surface area contributed by atoms with Gasteiger partial charge < -0.3 is 10.2 Å². The topological polar surface area (TPSA) is 74.6 Å². The van der Waals surface area contributed by atoms with Gasteiger partial charge in [0.1, 0.15) is 6.84 Å². The Bertz CT molecular complexity index is 328. The van der Waals surface area contributed by atoms with Crippen LogP contribution in [0.25, 0.3) is 0 Å². The van der Waals surface area contributed by atoms with E-state index in [9.17, 15) is 19.8 Å². The Labute approximate surface area is 161 Å². The van der Waals surface area contributed by atoms with Gasteiger partial charge in [0.05, 0.1) is 0 Å². The molecule has 6 heteroatoms. The maximum atomic E-state index is 11.8. The lowest BCUT2D eigenvalue weighted by atomic mass is 9.83. The van der Waals surface area contributed by atoms with Gasteiger partial charge in [0.2, 0.25) is 0 Å². The second kappa shape index (κ2) is 11.0. The monoisotopic (exact) mass is 538 g/mol. The number of alkyl halides is 2. The van der Waals surface area contributed by atoms with Gasteiger partial charge >= 0.3 is 11.9 Å². The minimum absolute atomic E-state index is 0.409. The molecule has 0 aliphatic carbocycles. The molecular formula is C16H28I2O4. The number of carbonyl (C=O) groups is 2. The van der Waals surface area contributed by atoms with E-state index in [4.69, 9.17) is 0 Å². The number of aliphatic carboxylic acids is 2. The number of unbranched alkanes of at least 4 members (excludes halogenated alkanes) is 6. The molecular weight excluding hydrogens is 510 g/mol. The van der Waals surface area contributed by atoms with Crippen molar-refractivity contribution in [2.24, 2.45) is 0 Å². The normalized spacial score (nSPS) is 16.7. The number of hydrogen-bond donors (Lipinski definition) is 2. The largest absolute Gasteiger partial charge is 0.480 e. The molecule has 0 radical (unpaired) electrons. The molecule has 0 amide bonds. The first-order valence-electron chi connectivity index (χ1n) is 8.10. The SMILES string of the molecule is CCCCCCC(I)(C(=O)O)C(I)(CCCCCC)C(=O)O. The Hall–Kier alpha value is 0.400. The lowest BCUT2D eigenvalue weighted by molar-refractivity contribution is -0.148. The van der Waals surface area contributed by atoms with Crippen molar-refractivity contribution in [1.82, 2.24) is 0 Å². The summed E-state index contributed by atoms with van der Waals surface area (Å²) in [4.78, 5) is 23.7. The van der Waals surface area contributed by atoms with Crippen LogP contribution >= 0.6 is 45.2 Å². The van der Waals surface area contributed by atoms with E-state index in [0.717, 1.165) is 51.4 Å². The highest BCUT2D eigenvalue weighted by Crippen LogP contribution is 2.47. The van der Waals surface area contributed by atoms with E-state index >= 15 is 0 Å². The number of halogens is 2. The molecule has 0 aromatic rings. The van der Waals surface area contributed by atoms with Gasteiger partial charge in [-0.3, -0.25) is 9.59 Å². The van der Waals surface area contributed by atoms with Crippen molar-refractivity contribution in [1.29, 1.82) is 0 Å². The second-order valence-corrected chi connectivity index (χ2v) is 9.52. The van der Waals surface area contributed by atoms with Crippen LogP contribution in [0.5, 0.6) is 0 Å². The van der Waals surface area contributed by atoms with Crippen molar-refractivity contribution >= 4 is 57.1 Å². The molecule has 0 aromatic carbocycles. The quantitative estimate of drug-likeness (QED) is 0.186. The first-order chi connectivity index (χ1) is 10.3. The lowest BCUT2D eigenvalue weighted by Crippen LogP contribution is -2.55. The Balaban J connectivity index is 5.06. The van der Waals surface area contributed by atoms with Crippen molar-refractivity contribution in [3.05, 3.63) is 0 Å². The minimum atomic E-state index is -1.25. The maximum absolute atomic E-state index is 11.8. The summed E-state index contributed by atoms with van der Waals surface area (Å²) in [5, 5.41) is 19.4. The van der Waals surface area contributed by atoms with Crippen molar-refractivity contribution in [2.45, 2.75) is 84.9 Å². The van der Waals surface area contributed by atoms with Crippen molar-refractivity contribution in [2.75, 3.05) is 0 Å². The molecule has 22 heavy (non-hydrogen) atoms. The van der Waals surface area contributed by atoms with Crippen molar-refractivity contribution in [3.8, 4) is 0 Å². The summed E-state index contributed by atoms with van der Waals surface area (Å²) in [6, 6.07) is 0. The van der Waals surface area contributed by atoms with Crippen LogP contribution in [-0.4, -0.2) is 29.0 Å². The molecule has 0 aliphatic heterocycles. The number of carboxylic acids is 2. The molecule has 0 aromatic heterocycles. The predicted molar refractivity (Wildman–Crippen MR) is 106 cm³/mol. The highest BCUT2D eigenvalue weighted by atomic mass is 127. The molecule has 130 valence electrons. The van der Waals surface area contributed by atoms with Gasteiger partial charge in [0.15, 0.2) is 0 Å². The summed E-state index contributed by atoms with van der Waals surface area (Å²) in [5.74, 6) is -2.01. The first-order valence-corrected chi connectivity index (χ1v) is 10.3. The van der Waals surface area contributed by atoms with Crippen molar-refractivity contribution in [3.63, 3.8) is 0 Å². The number of carboxylic acid groups (broad SMARTS) is 2. The standard InChI is InChI=1S/C16H28I2O4/c1-3-5-7-9-11-15(17,13(19)20)16(18,14(21)22)12-10-8-6-4-2/h3-12H2,1-2H3,(H,19,20)(H,21,22). The van der Waals surface area contributed by atoms with E-state index in [-0.39, 0.29) is 0 Å². The maximum Gasteiger partial charge on any atom is 0.321 e. The van der Waals surface area contributed by atoms with Crippen LogP contribution in [0.2, 0.25) is 0 Å². The van der Waals surface area contributed by atoms with Crippen LogP contribution in [0, 0.1) is 0 Å². The Morgan fingerprint density at radius 3 is 1.27 bits per heavy atom. The molecule has 4 nitrogen and oxygen atoms in total. The van der Waals surface area contributed by atoms with Gasteiger partial charge in [-0.25, -0.2) is 0 Å². The minimum Gasteiger partial charge on any atom is -0.480 e. The Kier molecular flexibility index (Phi) is 11.2. The van der Waals surface area contributed by atoms with Crippen LogP contribution in [0.4, 0.5) is 0 Å². The Morgan fingerprint density at radius 2 is 1.05 bits per heavy atom. The van der Waals surface area contributed by atoms with Crippen LogP contribution < -0.4 is 0 Å². The number of hydrogen-bond acceptors (Lipinski definition) is 2. The third-order valence-electron chi connectivity index (χ3n) is 4.06. The van der Waals surface area contributed by atoms with E-state index in [0.29, 0.717) is 12.8 Å². The lowest BCUT2D eigenvalue weighted by Gasteiger charge is -2.37. The fraction of sp³-hybridized carbons (Fsp3) is 0.875. The summed E-state index contributed by atoms with van der Waals surface area (Å²) in [5.41, 5.74) is 0. The second-order valence-electron chi connectivity index (χ2n) is 5.83. The molecule has 2 atom stereocenters. The first kappa shape index (κ1) is 22.4. The molecule has 0 aliphatic rings. The highest BCUT2D eigenvalue weighted by Gasteiger charge is 2.58. The van der Waals surface area contributed by atoms with E-state index in [2.05, 4.69) is 13.8 Å². The smallest absolute Gasteiger partial charge is 0.321 e. The summed E-state index contributed by atoms with van der Waals surface area (Å²) < 4.78 is -2.51. The summed E-state index contributed by atoms with van der Waals surface area (Å²) in [6.45, 7) is 4.20. The predicted octanol–water partition coefficient (Wildman–Crippen LogP) is 5.44. The van der Waals surface area contributed by atoms with Gasteiger partial charge in [0.25, 0.3) is 0 Å². The molecule has 0 spiro atoms. The van der Waals surface area contributed by atoms with Gasteiger partial charge in [-0.2, -0.15) is 0 Å². The third-order valence-corrected chi connectivity index (χ3v) is 8.93. The number of rotatable bonds is 13. The molecule has 0 saturated carbocycles. The molecule has 2 N–H and O–H groups in total. The molecule has 0 fully saturated rings. The van der Waals surface area contributed by atoms with Gasteiger partial charge in [-0.1, -0.05) is 110 Å². The molecule has 0 saturated heterocycles. The van der Waals surface area contributed by atoms with E-state index in [1.54, 1.807) is 0 Å².